The number of rotatable bonds is 4. The molecule has 1 aromatic rings. The Balaban J connectivity index is 1.47. The predicted molar refractivity (Wildman–Crippen MR) is 103 cm³/mol. The van der Waals surface area contributed by atoms with Crippen molar-refractivity contribution >= 4 is 23.2 Å². The molecule has 0 radical (unpaired) electrons. The Morgan fingerprint density at radius 2 is 1.92 bits per heavy atom. The molecular weight excluding hydrogens is 334 g/mol. The van der Waals surface area contributed by atoms with Crippen molar-refractivity contribution in [2.45, 2.75) is 32.4 Å². The molecule has 25 heavy (non-hydrogen) atoms. The molecule has 3 heterocycles. The van der Waals surface area contributed by atoms with Crippen LogP contribution in [0.2, 0.25) is 0 Å². The molecule has 0 spiro atoms. The highest BCUT2D eigenvalue weighted by molar-refractivity contribution is 7.09. The summed E-state index contributed by atoms with van der Waals surface area (Å²) in [5, 5.41) is 5.54. The zero-order chi connectivity index (χ0) is 17.6. The summed E-state index contributed by atoms with van der Waals surface area (Å²) in [7, 11) is 1.84. The quantitative estimate of drug-likeness (QED) is 0.650. The minimum Gasteiger partial charge on any atom is -0.351 e. The van der Waals surface area contributed by atoms with Gasteiger partial charge in [-0.25, -0.2) is 0 Å². The van der Waals surface area contributed by atoms with Gasteiger partial charge in [-0.15, -0.1) is 11.3 Å². The van der Waals surface area contributed by atoms with E-state index in [1.54, 1.807) is 11.3 Å². The molecule has 1 atom stereocenters. The van der Waals surface area contributed by atoms with E-state index in [1.807, 2.05) is 11.9 Å². The standard InChI is InChI=1S/C18H29N5OS/c1-15(17(24)22-7-3-4-8-22)21-9-11-23(12-10-21)18(19-2)20-14-16-6-5-13-25-16/h5-6,13,15H,3-4,7-12,14H2,1-2H3,(H,19,20). The van der Waals surface area contributed by atoms with Crippen molar-refractivity contribution in [2.24, 2.45) is 4.99 Å². The van der Waals surface area contributed by atoms with Crippen LogP contribution in [0.3, 0.4) is 0 Å². The number of piperazine rings is 1. The van der Waals surface area contributed by atoms with Gasteiger partial charge in [-0.3, -0.25) is 14.7 Å². The number of hydrogen-bond acceptors (Lipinski definition) is 4. The monoisotopic (exact) mass is 363 g/mol. The van der Waals surface area contributed by atoms with Gasteiger partial charge in [-0.2, -0.15) is 0 Å². The van der Waals surface area contributed by atoms with Gasteiger partial charge in [0.2, 0.25) is 5.91 Å². The first-order chi connectivity index (χ1) is 12.2. The number of likely N-dealkylation sites (tertiary alicyclic amines) is 1. The Kier molecular flexibility index (Phi) is 6.31. The van der Waals surface area contributed by atoms with E-state index in [4.69, 9.17) is 0 Å². The molecule has 0 saturated carbocycles. The van der Waals surface area contributed by atoms with Crippen LogP contribution in [0.25, 0.3) is 0 Å². The normalized spacial score (nSPS) is 20.8. The molecule has 1 aromatic heterocycles. The van der Waals surface area contributed by atoms with Crippen LogP contribution in [0.1, 0.15) is 24.6 Å². The van der Waals surface area contributed by atoms with Crippen LogP contribution in [0.15, 0.2) is 22.5 Å². The van der Waals surface area contributed by atoms with E-state index in [-0.39, 0.29) is 6.04 Å². The van der Waals surface area contributed by atoms with Crippen molar-refractivity contribution in [3.8, 4) is 0 Å². The second-order valence-corrected chi connectivity index (χ2v) is 7.74. The first-order valence-electron chi connectivity index (χ1n) is 9.20. The van der Waals surface area contributed by atoms with Gasteiger partial charge in [0.25, 0.3) is 0 Å². The molecule has 1 unspecified atom stereocenters. The van der Waals surface area contributed by atoms with Gasteiger partial charge < -0.3 is 15.1 Å². The lowest BCUT2D eigenvalue weighted by Crippen LogP contribution is -2.57. The smallest absolute Gasteiger partial charge is 0.239 e. The topological polar surface area (TPSA) is 51.2 Å². The van der Waals surface area contributed by atoms with Crippen LogP contribution >= 0.6 is 11.3 Å². The van der Waals surface area contributed by atoms with Gasteiger partial charge >= 0.3 is 0 Å². The Bertz CT molecular complexity index is 574. The molecule has 6 nitrogen and oxygen atoms in total. The minimum atomic E-state index is -0.0126. The summed E-state index contributed by atoms with van der Waals surface area (Å²) >= 11 is 1.76. The van der Waals surface area contributed by atoms with E-state index in [0.717, 1.165) is 64.6 Å². The number of thiophene rings is 1. The van der Waals surface area contributed by atoms with E-state index in [9.17, 15) is 4.79 Å². The highest BCUT2D eigenvalue weighted by atomic mass is 32.1. The van der Waals surface area contributed by atoms with Crippen molar-refractivity contribution in [2.75, 3.05) is 46.3 Å². The third-order valence-electron chi connectivity index (χ3n) is 5.15. The maximum atomic E-state index is 12.6. The summed E-state index contributed by atoms with van der Waals surface area (Å²) in [6.45, 7) is 8.35. The van der Waals surface area contributed by atoms with Crippen LogP contribution < -0.4 is 5.32 Å². The van der Waals surface area contributed by atoms with E-state index in [2.05, 4.69) is 44.5 Å². The van der Waals surface area contributed by atoms with Crippen LogP contribution in [0.4, 0.5) is 0 Å². The fourth-order valence-electron chi connectivity index (χ4n) is 3.59. The SMILES string of the molecule is CN=C(NCc1cccs1)N1CCN(C(C)C(=O)N2CCCC2)CC1. The maximum absolute atomic E-state index is 12.6. The summed E-state index contributed by atoms with van der Waals surface area (Å²) in [5.41, 5.74) is 0. The molecule has 2 aliphatic heterocycles. The van der Waals surface area contributed by atoms with Crippen molar-refractivity contribution in [3.63, 3.8) is 0 Å². The van der Waals surface area contributed by atoms with Crippen molar-refractivity contribution < 1.29 is 4.79 Å². The Hall–Kier alpha value is -1.60. The van der Waals surface area contributed by atoms with Gasteiger partial charge in [-0.1, -0.05) is 6.07 Å². The molecule has 7 heteroatoms. The number of guanidine groups is 1. The lowest BCUT2D eigenvalue weighted by atomic mass is 10.2. The molecule has 3 rings (SSSR count). The van der Waals surface area contributed by atoms with Crippen LogP contribution in [-0.4, -0.2) is 78.9 Å². The summed E-state index contributed by atoms with van der Waals surface area (Å²) in [4.78, 5) is 24.9. The largest absolute Gasteiger partial charge is 0.351 e. The highest BCUT2D eigenvalue weighted by Crippen LogP contribution is 2.14. The maximum Gasteiger partial charge on any atom is 0.239 e. The summed E-state index contributed by atoms with van der Waals surface area (Å²) in [6.07, 6.45) is 2.30. The first kappa shape index (κ1) is 18.2. The van der Waals surface area contributed by atoms with Crippen molar-refractivity contribution in [1.29, 1.82) is 0 Å². The molecule has 2 aliphatic rings. The van der Waals surface area contributed by atoms with Gasteiger partial charge in [0, 0.05) is 51.2 Å². The molecule has 2 saturated heterocycles. The van der Waals surface area contributed by atoms with Crippen LogP contribution in [0, 0.1) is 0 Å². The fourth-order valence-corrected chi connectivity index (χ4v) is 4.24. The Morgan fingerprint density at radius 3 is 2.52 bits per heavy atom. The van der Waals surface area contributed by atoms with Gasteiger partial charge in [0.15, 0.2) is 5.96 Å². The van der Waals surface area contributed by atoms with Gasteiger partial charge in [0.05, 0.1) is 12.6 Å². The highest BCUT2D eigenvalue weighted by Gasteiger charge is 2.30. The molecular formula is C18H29N5OS. The lowest BCUT2D eigenvalue weighted by Gasteiger charge is -2.39. The lowest BCUT2D eigenvalue weighted by molar-refractivity contribution is -0.135. The predicted octanol–water partition coefficient (Wildman–Crippen LogP) is 1.45. The van der Waals surface area contributed by atoms with E-state index in [0.29, 0.717) is 5.91 Å². The van der Waals surface area contributed by atoms with Gasteiger partial charge in [-0.05, 0) is 31.2 Å². The third kappa shape index (κ3) is 4.52. The van der Waals surface area contributed by atoms with E-state index >= 15 is 0 Å². The minimum absolute atomic E-state index is 0.0126. The summed E-state index contributed by atoms with van der Waals surface area (Å²) in [6, 6.07) is 4.19. The zero-order valence-electron chi connectivity index (χ0n) is 15.3. The summed E-state index contributed by atoms with van der Waals surface area (Å²) in [5.74, 6) is 1.25. The number of carbonyl (C=O) groups is 1. The van der Waals surface area contributed by atoms with Crippen molar-refractivity contribution in [1.82, 2.24) is 20.0 Å². The second-order valence-electron chi connectivity index (χ2n) is 6.71. The van der Waals surface area contributed by atoms with Crippen LogP contribution in [-0.2, 0) is 11.3 Å². The summed E-state index contributed by atoms with van der Waals surface area (Å²) < 4.78 is 0. The molecule has 0 aromatic carbocycles. The first-order valence-corrected chi connectivity index (χ1v) is 10.1. The average Bonchev–Trinajstić information content (AvgIpc) is 3.35. The van der Waals surface area contributed by atoms with Gasteiger partial charge in [0.1, 0.15) is 0 Å². The molecule has 138 valence electrons. The van der Waals surface area contributed by atoms with E-state index in [1.165, 1.54) is 4.88 Å². The number of carbonyl (C=O) groups excluding carboxylic acids is 1. The number of nitrogens with zero attached hydrogens (tertiary/aromatic N) is 4. The van der Waals surface area contributed by atoms with Crippen molar-refractivity contribution in [3.05, 3.63) is 22.4 Å². The Labute approximate surface area is 154 Å². The Morgan fingerprint density at radius 1 is 1.20 bits per heavy atom. The molecule has 0 bridgehead atoms. The molecule has 1 N–H and O–H groups in total. The number of nitrogens with one attached hydrogen (secondary N) is 1. The molecule has 2 fully saturated rings. The number of hydrogen-bond donors (Lipinski definition) is 1. The third-order valence-corrected chi connectivity index (χ3v) is 6.03. The molecule has 0 aliphatic carbocycles. The van der Waals surface area contributed by atoms with Crippen LogP contribution in [0.5, 0.6) is 0 Å². The number of aliphatic imine (C=N–C) groups is 1. The average molecular weight is 364 g/mol. The zero-order valence-corrected chi connectivity index (χ0v) is 16.1. The molecule has 1 amide bonds. The fraction of sp³-hybridized carbons (Fsp3) is 0.667. The van der Waals surface area contributed by atoms with E-state index < -0.39 is 0 Å². The number of amides is 1. The second kappa shape index (κ2) is 8.67.